The molecule has 3 rings (SSSR count). The van der Waals surface area contributed by atoms with Crippen LogP contribution in [0.25, 0.3) is 16.9 Å². The lowest BCUT2D eigenvalue weighted by Crippen LogP contribution is -2.05. The Morgan fingerprint density at radius 3 is 2.61 bits per heavy atom. The lowest BCUT2D eigenvalue weighted by molar-refractivity contribution is 0.0602. The fourth-order valence-corrected chi connectivity index (χ4v) is 2.29. The van der Waals surface area contributed by atoms with Gasteiger partial charge in [0.25, 0.3) is 6.43 Å². The Balaban J connectivity index is 2.26. The van der Waals surface area contributed by atoms with E-state index in [-0.39, 0.29) is 22.6 Å². The lowest BCUT2D eigenvalue weighted by atomic mass is 10.1. The quantitative estimate of drug-likeness (QED) is 0.683. The summed E-state index contributed by atoms with van der Waals surface area (Å²) in [6.07, 6.45) is -1.62. The second kappa shape index (κ2) is 5.92. The highest BCUT2D eigenvalue weighted by molar-refractivity contribution is 6.30. The predicted molar refractivity (Wildman–Crippen MR) is 79.7 cm³/mol. The zero-order valence-corrected chi connectivity index (χ0v) is 12.6. The Bertz CT molecular complexity index is 878. The molecule has 0 N–H and O–H groups in total. The van der Waals surface area contributed by atoms with Crippen LogP contribution in [-0.2, 0) is 4.74 Å². The van der Waals surface area contributed by atoms with E-state index in [0.29, 0.717) is 10.6 Å². The minimum Gasteiger partial charge on any atom is -0.465 e. The molecule has 0 amide bonds. The fraction of sp³-hybridized carbons (Fsp3) is 0.133. The number of carbonyl (C=O) groups is 1. The fourth-order valence-electron chi connectivity index (χ4n) is 2.16. The maximum atomic E-state index is 13.3. The van der Waals surface area contributed by atoms with Crippen molar-refractivity contribution < 1.29 is 18.3 Å². The maximum absolute atomic E-state index is 13.3. The van der Waals surface area contributed by atoms with Crippen molar-refractivity contribution in [2.45, 2.75) is 6.43 Å². The van der Waals surface area contributed by atoms with E-state index in [4.69, 9.17) is 11.6 Å². The van der Waals surface area contributed by atoms with Crippen LogP contribution in [-0.4, -0.2) is 27.7 Å². The van der Waals surface area contributed by atoms with Crippen LogP contribution in [0.2, 0.25) is 5.02 Å². The van der Waals surface area contributed by atoms with Crippen molar-refractivity contribution in [1.82, 2.24) is 14.6 Å². The molecule has 5 nitrogen and oxygen atoms in total. The minimum absolute atomic E-state index is 0.0135. The van der Waals surface area contributed by atoms with Gasteiger partial charge in [-0.15, -0.1) is 0 Å². The summed E-state index contributed by atoms with van der Waals surface area (Å²) in [5, 5.41) is 4.33. The number of hydrogen-bond acceptors (Lipinski definition) is 4. The molecule has 0 radical (unpaired) electrons. The van der Waals surface area contributed by atoms with Crippen LogP contribution in [0, 0.1) is 0 Å². The van der Waals surface area contributed by atoms with E-state index in [1.807, 2.05) is 0 Å². The molecule has 0 spiro atoms. The van der Waals surface area contributed by atoms with Gasteiger partial charge in [-0.05, 0) is 18.2 Å². The largest absolute Gasteiger partial charge is 0.465 e. The number of rotatable bonds is 3. The summed E-state index contributed by atoms with van der Waals surface area (Å²) in [6, 6.07) is 7.80. The number of benzene rings is 1. The van der Waals surface area contributed by atoms with Crippen LogP contribution in [0.4, 0.5) is 8.78 Å². The van der Waals surface area contributed by atoms with Gasteiger partial charge in [0, 0.05) is 10.6 Å². The minimum atomic E-state index is -2.78. The number of fused-ring (bicyclic) bond motifs is 1. The molecule has 0 saturated carbocycles. The molecule has 23 heavy (non-hydrogen) atoms. The summed E-state index contributed by atoms with van der Waals surface area (Å²) in [5.41, 5.74) is 0.547. The molecule has 0 atom stereocenters. The van der Waals surface area contributed by atoms with E-state index in [9.17, 15) is 13.6 Å². The second-order valence-electron chi connectivity index (χ2n) is 4.66. The van der Waals surface area contributed by atoms with Gasteiger partial charge in [0.05, 0.1) is 19.0 Å². The van der Waals surface area contributed by atoms with Crippen LogP contribution in [0.1, 0.15) is 22.5 Å². The Morgan fingerprint density at radius 1 is 1.30 bits per heavy atom. The Morgan fingerprint density at radius 2 is 2.00 bits per heavy atom. The van der Waals surface area contributed by atoms with Gasteiger partial charge in [-0.25, -0.2) is 23.1 Å². The van der Waals surface area contributed by atoms with Gasteiger partial charge in [0.2, 0.25) is 0 Å². The van der Waals surface area contributed by atoms with Gasteiger partial charge in [-0.2, -0.15) is 5.10 Å². The maximum Gasteiger partial charge on any atom is 0.343 e. The molecular weight excluding hydrogens is 328 g/mol. The first-order valence-electron chi connectivity index (χ1n) is 6.52. The molecule has 2 aromatic heterocycles. The molecule has 0 aliphatic rings. The van der Waals surface area contributed by atoms with Gasteiger partial charge in [-0.3, -0.25) is 0 Å². The molecule has 2 heterocycles. The molecule has 0 saturated heterocycles. The van der Waals surface area contributed by atoms with Crippen LogP contribution in [0.15, 0.2) is 36.5 Å². The highest BCUT2D eigenvalue weighted by Gasteiger charge is 2.21. The third-order valence-corrected chi connectivity index (χ3v) is 3.52. The number of nitrogens with zero attached hydrogens (tertiary/aromatic N) is 3. The van der Waals surface area contributed by atoms with Crippen molar-refractivity contribution in [1.29, 1.82) is 0 Å². The van der Waals surface area contributed by atoms with Gasteiger partial charge >= 0.3 is 5.97 Å². The molecule has 1 aromatic carbocycles. The van der Waals surface area contributed by atoms with Gasteiger partial charge in [-0.1, -0.05) is 23.7 Å². The van der Waals surface area contributed by atoms with Crippen molar-refractivity contribution in [3.05, 3.63) is 52.8 Å². The van der Waals surface area contributed by atoms with Crippen LogP contribution in [0.5, 0.6) is 0 Å². The number of halogens is 3. The average molecular weight is 338 g/mol. The van der Waals surface area contributed by atoms with Crippen molar-refractivity contribution in [2.24, 2.45) is 0 Å². The number of aromatic nitrogens is 3. The van der Waals surface area contributed by atoms with Crippen molar-refractivity contribution in [3.8, 4) is 11.3 Å². The average Bonchev–Trinajstić information content (AvgIpc) is 2.97. The molecule has 0 aliphatic heterocycles. The van der Waals surface area contributed by atoms with Crippen LogP contribution < -0.4 is 0 Å². The molecule has 8 heteroatoms. The monoisotopic (exact) mass is 337 g/mol. The molecule has 0 fully saturated rings. The Hall–Kier alpha value is -2.54. The van der Waals surface area contributed by atoms with E-state index in [0.717, 1.165) is 10.7 Å². The van der Waals surface area contributed by atoms with E-state index in [2.05, 4.69) is 14.8 Å². The van der Waals surface area contributed by atoms with E-state index >= 15 is 0 Å². The van der Waals surface area contributed by atoms with Gasteiger partial charge in [0.15, 0.2) is 5.65 Å². The summed E-state index contributed by atoms with van der Waals surface area (Å²) in [5.74, 6) is -0.694. The number of methoxy groups -OCH3 is 1. The van der Waals surface area contributed by atoms with E-state index in [1.165, 1.54) is 13.2 Å². The van der Waals surface area contributed by atoms with Gasteiger partial charge in [0.1, 0.15) is 11.3 Å². The third kappa shape index (κ3) is 2.75. The summed E-state index contributed by atoms with van der Waals surface area (Å²) in [6.45, 7) is 0. The molecule has 0 unspecified atom stereocenters. The zero-order chi connectivity index (χ0) is 16.6. The molecule has 118 valence electrons. The molecular formula is C15H10ClF2N3O2. The predicted octanol–water partition coefficient (Wildman–Crippen LogP) is 3.77. The Kier molecular flexibility index (Phi) is 3.96. The van der Waals surface area contributed by atoms with E-state index in [1.54, 1.807) is 24.3 Å². The van der Waals surface area contributed by atoms with E-state index < -0.39 is 12.4 Å². The molecule has 0 bridgehead atoms. The van der Waals surface area contributed by atoms with Crippen LogP contribution >= 0.6 is 11.6 Å². The normalized spacial score (nSPS) is 11.2. The highest BCUT2D eigenvalue weighted by atomic mass is 35.5. The Labute approximate surface area is 134 Å². The zero-order valence-electron chi connectivity index (χ0n) is 11.8. The SMILES string of the molecule is COC(=O)c1cnn2c(C(F)F)cc(-c3ccc(Cl)cc3)nc12. The van der Waals surface area contributed by atoms with Crippen LogP contribution in [0.3, 0.4) is 0 Å². The third-order valence-electron chi connectivity index (χ3n) is 3.27. The second-order valence-corrected chi connectivity index (χ2v) is 5.10. The van der Waals surface area contributed by atoms with Gasteiger partial charge < -0.3 is 4.74 Å². The van der Waals surface area contributed by atoms with Crippen molar-refractivity contribution in [2.75, 3.05) is 7.11 Å². The number of alkyl halides is 2. The standard InChI is InChI=1S/C15H10ClF2N3O2/c1-23-15(22)10-7-19-21-12(13(17)18)6-11(20-14(10)21)8-2-4-9(16)5-3-8/h2-7,13H,1H3. The van der Waals surface area contributed by atoms with Crippen molar-refractivity contribution in [3.63, 3.8) is 0 Å². The summed E-state index contributed by atoms with van der Waals surface area (Å²) >= 11 is 5.83. The number of hydrogen-bond donors (Lipinski definition) is 0. The molecule has 3 aromatic rings. The summed E-state index contributed by atoms with van der Waals surface area (Å²) < 4.78 is 32.2. The first-order chi connectivity index (χ1) is 11.0. The number of ether oxygens (including phenoxy) is 1. The number of carbonyl (C=O) groups excluding carboxylic acids is 1. The topological polar surface area (TPSA) is 56.5 Å². The first-order valence-corrected chi connectivity index (χ1v) is 6.90. The smallest absolute Gasteiger partial charge is 0.343 e. The summed E-state index contributed by atoms with van der Waals surface area (Å²) in [7, 11) is 1.20. The summed E-state index contributed by atoms with van der Waals surface area (Å²) in [4.78, 5) is 16.0. The number of esters is 1. The first kappa shape index (κ1) is 15.4. The highest BCUT2D eigenvalue weighted by Crippen LogP contribution is 2.27. The van der Waals surface area contributed by atoms with Crippen molar-refractivity contribution >= 4 is 23.2 Å². The lowest BCUT2D eigenvalue weighted by Gasteiger charge is -2.08. The molecule has 0 aliphatic carbocycles.